The largest absolute Gasteiger partial charge is 0.295 e. The zero-order chi connectivity index (χ0) is 9.68. The maximum atomic E-state index is 10.9. The van der Waals surface area contributed by atoms with Crippen LogP contribution in [0.3, 0.4) is 0 Å². The van der Waals surface area contributed by atoms with Crippen LogP contribution in [0.5, 0.6) is 0 Å². The van der Waals surface area contributed by atoms with E-state index in [4.69, 9.17) is 0 Å². The maximum Gasteiger partial charge on any atom is 0.235 e. The van der Waals surface area contributed by atoms with Gasteiger partial charge in [0.2, 0.25) is 6.08 Å². The number of benzene rings is 1. The van der Waals surface area contributed by atoms with Gasteiger partial charge >= 0.3 is 0 Å². The van der Waals surface area contributed by atoms with E-state index in [1.807, 2.05) is 0 Å². The van der Waals surface area contributed by atoms with E-state index in [-0.39, 0.29) is 5.78 Å². The fraction of sp³-hybridized carbons (Fsp3) is 0.200. The Balaban J connectivity index is 2.80. The van der Waals surface area contributed by atoms with E-state index in [2.05, 4.69) is 4.99 Å². The normalized spacial score (nSPS) is 9.00. The van der Waals surface area contributed by atoms with Gasteiger partial charge in [-0.2, -0.15) is 0 Å². The lowest BCUT2D eigenvalue weighted by molar-refractivity contribution is 0.101. The number of aliphatic imine (C=N–C) groups is 1. The van der Waals surface area contributed by atoms with Crippen LogP contribution in [0.15, 0.2) is 29.3 Å². The van der Waals surface area contributed by atoms with Crippen molar-refractivity contribution in [3.8, 4) is 0 Å². The number of nitrogens with zero attached hydrogens (tertiary/aromatic N) is 1. The van der Waals surface area contributed by atoms with Gasteiger partial charge in [-0.1, -0.05) is 24.3 Å². The molecular weight excluding hydrogens is 166 g/mol. The Morgan fingerprint density at radius 1 is 1.38 bits per heavy atom. The fourth-order valence-corrected chi connectivity index (χ4v) is 0.968. The number of hydrogen-bond acceptors (Lipinski definition) is 3. The average molecular weight is 175 g/mol. The second-order valence-corrected chi connectivity index (χ2v) is 2.66. The second-order valence-electron chi connectivity index (χ2n) is 2.66. The smallest absolute Gasteiger partial charge is 0.235 e. The Bertz CT molecular complexity index is 348. The molecule has 0 radical (unpaired) electrons. The molecule has 13 heavy (non-hydrogen) atoms. The quantitative estimate of drug-likeness (QED) is 0.399. The fourth-order valence-electron chi connectivity index (χ4n) is 0.968. The molecule has 0 atom stereocenters. The van der Waals surface area contributed by atoms with Crippen LogP contribution in [0.1, 0.15) is 22.8 Å². The molecule has 1 rings (SSSR count). The van der Waals surface area contributed by atoms with Crippen LogP contribution in [0.4, 0.5) is 0 Å². The predicted molar refractivity (Wildman–Crippen MR) is 48.3 cm³/mol. The summed E-state index contributed by atoms with van der Waals surface area (Å²) in [5.41, 5.74) is 1.56. The van der Waals surface area contributed by atoms with Crippen molar-refractivity contribution in [2.45, 2.75) is 13.5 Å². The average Bonchev–Trinajstić information content (AvgIpc) is 2.15. The highest BCUT2D eigenvalue weighted by Gasteiger charge is 1.97. The van der Waals surface area contributed by atoms with E-state index < -0.39 is 0 Å². The van der Waals surface area contributed by atoms with E-state index in [1.54, 1.807) is 24.3 Å². The van der Waals surface area contributed by atoms with E-state index >= 15 is 0 Å². The highest BCUT2D eigenvalue weighted by Crippen LogP contribution is 2.05. The molecule has 0 N–H and O–H groups in total. The Morgan fingerprint density at radius 2 is 2.00 bits per heavy atom. The summed E-state index contributed by atoms with van der Waals surface area (Å²) in [4.78, 5) is 24.1. The third kappa shape index (κ3) is 2.65. The van der Waals surface area contributed by atoms with Gasteiger partial charge in [0, 0.05) is 5.56 Å². The summed E-state index contributed by atoms with van der Waals surface area (Å²) in [5.74, 6) is 0.0328. The SMILES string of the molecule is CC(=O)c1ccc(CN=C=O)cc1. The molecule has 0 aliphatic carbocycles. The van der Waals surface area contributed by atoms with Crippen LogP contribution < -0.4 is 0 Å². The molecule has 3 nitrogen and oxygen atoms in total. The van der Waals surface area contributed by atoms with Gasteiger partial charge in [-0.05, 0) is 12.5 Å². The van der Waals surface area contributed by atoms with Crippen molar-refractivity contribution in [3.05, 3.63) is 35.4 Å². The minimum atomic E-state index is 0.0328. The maximum absolute atomic E-state index is 10.9. The number of carbonyl (C=O) groups is 1. The third-order valence-corrected chi connectivity index (χ3v) is 1.69. The van der Waals surface area contributed by atoms with Crippen molar-refractivity contribution in [3.63, 3.8) is 0 Å². The van der Waals surface area contributed by atoms with Crippen molar-refractivity contribution in [1.29, 1.82) is 0 Å². The summed E-state index contributed by atoms with van der Waals surface area (Å²) in [6, 6.07) is 6.99. The van der Waals surface area contributed by atoms with Crippen molar-refractivity contribution >= 4 is 11.9 Å². The molecular formula is C10H9NO2. The van der Waals surface area contributed by atoms with Crippen LogP contribution in [0.25, 0.3) is 0 Å². The van der Waals surface area contributed by atoms with Gasteiger partial charge in [-0.25, -0.2) is 9.79 Å². The summed E-state index contributed by atoms with van der Waals surface area (Å²) in [5, 5.41) is 0. The zero-order valence-electron chi connectivity index (χ0n) is 7.28. The lowest BCUT2D eigenvalue weighted by atomic mass is 10.1. The van der Waals surface area contributed by atoms with Crippen LogP contribution in [-0.4, -0.2) is 11.9 Å². The van der Waals surface area contributed by atoms with Gasteiger partial charge in [0.15, 0.2) is 5.78 Å². The summed E-state index contributed by atoms with van der Waals surface area (Å²) in [6.45, 7) is 1.83. The van der Waals surface area contributed by atoms with Gasteiger partial charge in [0.1, 0.15) is 0 Å². The van der Waals surface area contributed by atoms with Gasteiger partial charge in [-0.15, -0.1) is 0 Å². The molecule has 0 heterocycles. The molecule has 66 valence electrons. The van der Waals surface area contributed by atoms with Crippen LogP contribution in [-0.2, 0) is 11.3 Å². The Hall–Kier alpha value is -1.73. The molecule has 0 aliphatic rings. The number of rotatable bonds is 3. The summed E-state index contributed by atoms with van der Waals surface area (Å²) < 4.78 is 0. The minimum absolute atomic E-state index is 0.0328. The van der Waals surface area contributed by atoms with Crippen molar-refractivity contribution < 1.29 is 9.59 Å². The number of Topliss-reactive ketones (excluding diaryl/α,β-unsaturated/α-hetero) is 1. The first-order chi connectivity index (χ1) is 6.24. The Labute approximate surface area is 76.1 Å². The minimum Gasteiger partial charge on any atom is -0.295 e. The molecule has 0 saturated carbocycles. The van der Waals surface area contributed by atoms with Crippen molar-refractivity contribution in [2.24, 2.45) is 4.99 Å². The standard InChI is InChI=1S/C10H9NO2/c1-8(13)10-4-2-9(3-5-10)6-11-7-12/h2-5H,6H2,1H3. The topological polar surface area (TPSA) is 46.5 Å². The number of carbonyl (C=O) groups excluding carboxylic acids is 2. The monoisotopic (exact) mass is 175 g/mol. The van der Waals surface area contributed by atoms with E-state index in [9.17, 15) is 9.59 Å². The van der Waals surface area contributed by atoms with E-state index in [0.29, 0.717) is 12.1 Å². The van der Waals surface area contributed by atoms with Gasteiger partial charge in [-0.3, -0.25) is 4.79 Å². The second kappa shape index (κ2) is 4.33. The summed E-state index contributed by atoms with van der Waals surface area (Å²) >= 11 is 0. The van der Waals surface area contributed by atoms with Crippen molar-refractivity contribution in [2.75, 3.05) is 0 Å². The molecule has 1 aromatic rings. The molecule has 0 amide bonds. The van der Waals surface area contributed by atoms with Crippen LogP contribution in [0.2, 0.25) is 0 Å². The molecule has 0 bridgehead atoms. The lowest BCUT2D eigenvalue weighted by Crippen LogP contribution is -1.91. The zero-order valence-corrected chi connectivity index (χ0v) is 7.28. The van der Waals surface area contributed by atoms with Gasteiger partial charge < -0.3 is 0 Å². The molecule has 1 aromatic carbocycles. The molecule has 0 aliphatic heterocycles. The highest BCUT2D eigenvalue weighted by atomic mass is 16.1. The first-order valence-electron chi connectivity index (χ1n) is 3.87. The molecule has 0 saturated heterocycles. The molecule has 3 heteroatoms. The number of ketones is 1. The highest BCUT2D eigenvalue weighted by molar-refractivity contribution is 5.93. The third-order valence-electron chi connectivity index (χ3n) is 1.69. The van der Waals surface area contributed by atoms with E-state index in [1.165, 1.54) is 13.0 Å². The molecule has 0 fully saturated rings. The van der Waals surface area contributed by atoms with Crippen LogP contribution >= 0.6 is 0 Å². The number of hydrogen-bond donors (Lipinski definition) is 0. The van der Waals surface area contributed by atoms with E-state index in [0.717, 1.165) is 5.56 Å². The first-order valence-corrected chi connectivity index (χ1v) is 3.87. The van der Waals surface area contributed by atoms with Gasteiger partial charge in [0.25, 0.3) is 0 Å². The number of isocyanates is 1. The first kappa shape index (κ1) is 9.36. The predicted octanol–water partition coefficient (Wildman–Crippen LogP) is 1.73. The Kier molecular flexibility index (Phi) is 3.12. The van der Waals surface area contributed by atoms with Crippen molar-refractivity contribution in [1.82, 2.24) is 0 Å². The Morgan fingerprint density at radius 3 is 2.46 bits per heavy atom. The molecule has 0 spiro atoms. The summed E-state index contributed by atoms with van der Waals surface area (Å²) in [7, 11) is 0. The lowest BCUT2D eigenvalue weighted by Gasteiger charge is -1.96. The summed E-state index contributed by atoms with van der Waals surface area (Å²) in [6.07, 6.45) is 1.46. The van der Waals surface area contributed by atoms with Crippen LogP contribution in [0, 0.1) is 0 Å². The van der Waals surface area contributed by atoms with Gasteiger partial charge in [0.05, 0.1) is 6.54 Å². The molecule has 0 aromatic heterocycles. The molecule has 0 unspecified atom stereocenters.